The summed E-state index contributed by atoms with van der Waals surface area (Å²) in [5.74, 6) is 1.46. The van der Waals surface area contributed by atoms with Crippen LogP contribution >= 0.6 is 0 Å². The number of aliphatic imine (C=N–C) groups is 2. The summed E-state index contributed by atoms with van der Waals surface area (Å²) in [6.45, 7) is 0. The number of para-hydroxylation sites is 3. The quantitative estimate of drug-likeness (QED) is 0.231. The van der Waals surface area contributed by atoms with E-state index in [4.69, 9.17) is 14.4 Å². The van der Waals surface area contributed by atoms with Crippen molar-refractivity contribution in [1.29, 1.82) is 0 Å². The standard InChI is InChI=1S/C39H26N4O/c1-2-11-25(12-3-1)37-40-38(42-39(41-37)31-16-10-20-35-36(31)30-15-6-9-19-34(30)44-35)26-21-23-27(24-22-26)43-32-17-7-4-13-28(32)29-14-5-8-18-33(29)43/h1-24,37H,(H,40,41,42). The van der Waals surface area contributed by atoms with E-state index in [-0.39, 0.29) is 6.17 Å². The Hall–Kier alpha value is -5.94. The molecular formula is C39H26N4O. The molecule has 1 unspecified atom stereocenters. The van der Waals surface area contributed by atoms with Crippen LogP contribution in [-0.4, -0.2) is 16.2 Å². The molecule has 6 aromatic carbocycles. The molecule has 0 aliphatic carbocycles. The van der Waals surface area contributed by atoms with Crippen LogP contribution < -0.4 is 5.32 Å². The molecule has 1 aliphatic heterocycles. The molecule has 3 heterocycles. The highest BCUT2D eigenvalue weighted by Crippen LogP contribution is 2.34. The number of nitrogens with one attached hydrogen (secondary N) is 1. The summed E-state index contributed by atoms with van der Waals surface area (Å²) < 4.78 is 8.53. The molecule has 0 radical (unpaired) electrons. The van der Waals surface area contributed by atoms with Gasteiger partial charge in [-0.05, 0) is 54.1 Å². The first-order valence-corrected chi connectivity index (χ1v) is 14.8. The number of nitrogens with zero attached hydrogens (tertiary/aromatic N) is 3. The summed E-state index contributed by atoms with van der Waals surface area (Å²) in [6, 6.07) is 50.3. The third-order valence-electron chi connectivity index (χ3n) is 8.48. The van der Waals surface area contributed by atoms with Crippen LogP contribution in [0.2, 0.25) is 0 Å². The van der Waals surface area contributed by atoms with Crippen LogP contribution in [0.15, 0.2) is 160 Å². The number of fused-ring (bicyclic) bond motifs is 6. The van der Waals surface area contributed by atoms with Crippen LogP contribution in [-0.2, 0) is 0 Å². The number of amidine groups is 2. The van der Waals surface area contributed by atoms with Crippen LogP contribution in [0.1, 0.15) is 22.9 Å². The van der Waals surface area contributed by atoms with E-state index in [0.29, 0.717) is 5.84 Å². The Balaban J connectivity index is 1.19. The Bertz CT molecular complexity index is 2360. The Morgan fingerprint density at radius 1 is 0.568 bits per heavy atom. The van der Waals surface area contributed by atoms with Gasteiger partial charge in [-0.25, -0.2) is 9.98 Å². The largest absolute Gasteiger partial charge is 0.456 e. The molecular weight excluding hydrogens is 540 g/mol. The highest BCUT2D eigenvalue weighted by molar-refractivity contribution is 6.21. The minimum absolute atomic E-state index is 0.288. The van der Waals surface area contributed by atoms with E-state index in [1.165, 1.54) is 21.8 Å². The number of furan rings is 1. The van der Waals surface area contributed by atoms with Gasteiger partial charge in [-0.15, -0.1) is 0 Å². The molecule has 0 bridgehead atoms. The number of benzene rings is 6. The van der Waals surface area contributed by atoms with Crippen LogP contribution in [0.4, 0.5) is 0 Å². The van der Waals surface area contributed by atoms with Gasteiger partial charge in [0.2, 0.25) is 0 Å². The van der Waals surface area contributed by atoms with Crippen molar-refractivity contribution >= 4 is 55.4 Å². The topological polar surface area (TPSA) is 54.8 Å². The maximum absolute atomic E-state index is 6.20. The van der Waals surface area contributed by atoms with Gasteiger partial charge < -0.3 is 14.3 Å². The fourth-order valence-electron chi connectivity index (χ4n) is 6.45. The van der Waals surface area contributed by atoms with Crippen molar-refractivity contribution in [2.45, 2.75) is 6.17 Å². The Kier molecular flexibility index (Phi) is 5.50. The van der Waals surface area contributed by atoms with E-state index in [0.717, 1.165) is 50.2 Å². The zero-order valence-corrected chi connectivity index (χ0v) is 23.7. The minimum atomic E-state index is -0.288. The highest BCUT2D eigenvalue weighted by Gasteiger charge is 2.24. The van der Waals surface area contributed by atoms with Crippen LogP contribution in [0.3, 0.4) is 0 Å². The SMILES string of the molecule is c1ccc(C2N=C(c3ccc(-n4c5ccccc5c5ccccc54)cc3)N=C(c3cccc4oc5ccccc5c34)N2)cc1. The van der Waals surface area contributed by atoms with Gasteiger partial charge in [-0.1, -0.05) is 97.1 Å². The van der Waals surface area contributed by atoms with Crippen molar-refractivity contribution in [3.63, 3.8) is 0 Å². The molecule has 0 saturated carbocycles. The van der Waals surface area contributed by atoms with Crippen molar-refractivity contribution in [3.05, 3.63) is 162 Å². The van der Waals surface area contributed by atoms with Gasteiger partial charge >= 0.3 is 0 Å². The van der Waals surface area contributed by atoms with Gasteiger partial charge in [0.15, 0.2) is 5.84 Å². The molecule has 0 spiro atoms. The molecule has 2 aromatic heterocycles. The van der Waals surface area contributed by atoms with E-state index in [1.807, 2.05) is 48.5 Å². The summed E-state index contributed by atoms with van der Waals surface area (Å²) in [6.07, 6.45) is -0.288. The average molecular weight is 567 g/mol. The molecule has 1 N–H and O–H groups in total. The smallest absolute Gasteiger partial charge is 0.159 e. The summed E-state index contributed by atoms with van der Waals surface area (Å²) >= 11 is 0. The van der Waals surface area contributed by atoms with Crippen LogP contribution in [0.25, 0.3) is 49.4 Å². The molecule has 9 rings (SSSR count). The van der Waals surface area contributed by atoms with Gasteiger partial charge in [-0.2, -0.15) is 0 Å². The second-order valence-corrected chi connectivity index (χ2v) is 11.1. The van der Waals surface area contributed by atoms with E-state index in [1.54, 1.807) is 0 Å². The predicted molar refractivity (Wildman–Crippen MR) is 180 cm³/mol. The lowest BCUT2D eigenvalue weighted by Crippen LogP contribution is -2.33. The first kappa shape index (κ1) is 24.6. The Morgan fingerprint density at radius 2 is 1.20 bits per heavy atom. The second-order valence-electron chi connectivity index (χ2n) is 11.1. The molecule has 8 aromatic rings. The summed E-state index contributed by atoms with van der Waals surface area (Å²) in [5.41, 5.74) is 8.18. The molecule has 1 atom stereocenters. The van der Waals surface area contributed by atoms with Crippen molar-refractivity contribution < 1.29 is 4.42 Å². The van der Waals surface area contributed by atoms with Gasteiger partial charge in [0.1, 0.15) is 23.2 Å². The van der Waals surface area contributed by atoms with Gasteiger partial charge in [0.25, 0.3) is 0 Å². The zero-order valence-electron chi connectivity index (χ0n) is 23.7. The Labute approximate surface area is 253 Å². The fraction of sp³-hybridized carbons (Fsp3) is 0.0256. The monoisotopic (exact) mass is 566 g/mol. The van der Waals surface area contributed by atoms with E-state index in [2.05, 4.69) is 107 Å². The van der Waals surface area contributed by atoms with Gasteiger partial charge in [0, 0.05) is 38.4 Å². The summed E-state index contributed by atoms with van der Waals surface area (Å²) in [4.78, 5) is 10.2. The van der Waals surface area contributed by atoms with E-state index in [9.17, 15) is 0 Å². The first-order chi connectivity index (χ1) is 21.8. The second kappa shape index (κ2) is 9.82. The molecule has 0 saturated heterocycles. The molecule has 5 heteroatoms. The summed E-state index contributed by atoms with van der Waals surface area (Å²) in [7, 11) is 0. The number of rotatable bonds is 4. The minimum Gasteiger partial charge on any atom is -0.456 e. The van der Waals surface area contributed by atoms with E-state index >= 15 is 0 Å². The van der Waals surface area contributed by atoms with Crippen molar-refractivity contribution in [2.75, 3.05) is 0 Å². The first-order valence-electron chi connectivity index (χ1n) is 14.8. The van der Waals surface area contributed by atoms with Gasteiger partial charge in [0.05, 0.1) is 11.0 Å². The predicted octanol–water partition coefficient (Wildman–Crippen LogP) is 9.18. The lowest BCUT2D eigenvalue weighted by Gasteiger charge is -2.24. The molecule has 0 amide bonds. The van der Waals surface area contributed by atoms with Crippen molar-refractivity contribution in [3.8, 4) is 5.69 Å². The molecule has 1 aliphatic rings. The van der Waals surface area contributed by atoms with Gasteiger partial charge in [-0.3, -0.25) is 0 Å². The third kappa shape index (κ3) is 3.87. The number of aromatic nitrogens is 1. The zero-order chi connectivity index (χ0) is 29.0. The average Bonchev–Trinajstić information content (AvgIpc) is 3.65. The molecule has 208 valence electrons. The maximum Gasteiger partial charge on any atom is 0.159 e. The Morgan fingerprint density at radius 3 is 1.95 bits per heavy atom. The highest BCUT2D eigenvalue weighted by atomic mass is 16.3. The van der Waals surface area contributed by atoms with E-state index < -0.39 is 0 Å². The number of hydrogen-bond donors (Lipinski definition) is 1. The van der Waals surface area contributed by atoms with Crippen LogP contribution in [0.5, 0.6) is 0 Å². The van der Waals surface area contributed by atoms with Crippen molar-refractivity contribution in [1.82, 2.24) is 9.88 Å². The fourth-order valence-corrected chi connectivity index (χ4v) is 6.45. The lowest BCUT2D eigenvalue weighted by atomic mass is 10.0. The van der Waals surface area contributed by atoms with Crippen molar-refractivity contribution in [2.24, 2.45) is 9.98 Å². The molecule has 5 nitrogen and oxygen atoms in total. The summed E-state index contributed by atoms with van der Waals surface area (Å²) in [5, 5.41) is 8.23. The maximum atomic E-state index is 6.20. The number of hydrogen-bond acceptors (Lipinski definition) is 4. The molecule has 0 fully saturated rings. The third-order valence-corrected chi connectivity index (χ3v) is 8.48. The molecule has 44 heavy (non-hydrogen) atoms. The van der Waals surface area contributed by atoms with Crippen LogP contribution in [0, 0.1) is 0 Å². The normalized spacial score (nSPS) is 15.0. The lowest BCUT2D eigenvalue weighted by molar-refractivity contribution is 0.667.